The SMILES string of the molecule is COc1c(C=O)cc(C(F)F)nc1C. The Morgan fingerprint density at radius 2 is 2.21 bits per heavy atom. The first-order valence-corrected chi connectivity index (χ1v) is 3.89. The number of nitrogens with zero attached hydrogens (tertiary/aromatic N) is 1. The van der Waals surface area contributed by atoms with Gasteiger partial charge in [-0.3, -0.25) is 4.79 Å². The Morgan fingerprint density at radius 3 is 2.64 bits per heavy atom. The molecule has 1 rings (SSSR count). The van der Waals surface area contributed by atoms with Crippen molar-refractivity contribution in [3.05, 3.63) is 23.0 Å². The molecule has 0 bridgehead atoms. The molecule has 0 spiro atoms. The molecule has 0 radical (unpaired) electrons. The van der Waals surface area contributed by atoms with Gasteiger partial charge in [0.05, 0.1) is 18.4 Å². The van der Waals surface area contributed by atoms with Crippen LogP contribution >= 0.6 is 0 Å². The number of aromatic nitrogens is 1. The fraction of sp³-hybridized carbons (Fsp3) is 0.333. The molecular weight excluding hydrogens is 192 g/mol. The van der Waals surface area contributed by atoms with E-state index in [2.05, 4.69) is 4.98 Å². The van der Waals surface area contributed by atoms with Crippen LogP contribution in [0.3, 0.4) is 0 Å². The van der Waals surface area contributed by atoms with Crippen molar-refractivity contribution in [2.24, 2.45) is 0 Å². The Balaban J connectivity index is 3.31. The third-order valence-corrected chi connectivity index (χ3v) is 1.75. The highest BCUT2D eigenvalue weighted by molar-refractivity contribution is 5.80. The third kappa shape index (κ3) is 1.86. The van der Waals surface area contributed by atoms with Crippen LogP contribution in [-0.2, 0) is 0 Å². The predicted octanol–water partition coefficient (Wildman–Crippen LogP) is 2.15. The van der Waals surface area contributed by atoms with Crippen LogP contribution in [0.4, 0.5) is 8.78 Å². The van der Waals surface area contributed by atoms with E-state index in [1.165, 1.54) is 14.0 Å². The van der Waals surface area contributed by atoms with E-state index >= 15 is 0 Å². The maximum Gasteiger partial charge on any atom is 0.280 e. The Hall–Kier alpha value is -1.52. The van der Waals surface area contributed by atoms with Gasteiger partial charge >= 0.3 is 0 Å². The smallest absolute Gasteiger partial charge is 0.280 e. The van der Waals surface area contributed by atoms with Gasteiger partial charge in [0, 0.05) is 0 Å². The van der Waals surface area contributed by atoms with Crippen LogP contribution < -0.4 is 4.74 Å². The number of pyridine rings is 1. The molecule has 0 amide bonds. The van der Waals surface area contributed by atoms with E-state index in [0.29, 0.717) is 6.29 Å². The summed E-state index contributed by atoms with van der Waals surface area (Å²) in [5, 5.41) is 0. The molecule has 0 saturated carbocycles. The number of methoxy groups -OCH3 is 1. The number of alkyl halides is 2. The molecule has 0 atom stereocenters. The van der Waals surface area contributed by atoms with E-state index in [-0.39, 0.29) is 17.0 Å². The zero-order chi connectivity index (χ0) is 10.7. The van der Waals surface area contributed by atoms with Crippen LogP contribution in [0.1, 0.15) is 28.2 Å². The van der Waals surface area contributed by atoms with Crippen LogP contribution in [0.25, 0.3) is 0 Å². The van der Waals surface area contributed by atoms with Gasteiger partial charge < -0.3 is 4.74 Å². The molecule has 1 aromatic rings. The van der Waals surface area contributed by atoms with Gasteiger partial charge in [-0.1, -0.05) is 0 Å². The first-order valence-electron chi connectivity index (χ1n) is 3.89. The molecule has 1 aromatic heterocycles. The molecule has 3 nitrogen and oxygen atoms in total. The highest BCUT2D eigenvalue weighted by atomic mass is 19.3. The number of hydrogen-bond donors (Lipinski definition) is 0. The van der Waals surface area contributed by atoms with Gasteiger partial charge in [-0.05, 0) is 13.0 Å². The zero-order valence-electron chi connectivity index (χ0n) is 7.75. The molecular formula is C9H9F2NO2. The van der Waals surface area contributed by atoms with Crippen molar-refractivity contribution in [2.45, 2.75) is 13.3 Å². The first-order chi connectivity index (χ1) is 6.60. The standard InChI is InChI=1S/C9H9F2NO2/c1-5-8(14-2)6(4-13)3-7(12-5)9(10)11/h3-4,9H,1-2H3. The first kappa shape index (κ1) is 10.6. The van der Waals surface area contributed by atoms with E-state index < -0.39 is 12.1 Å². The minimum absolute atomic E-state index is 0.0929. The fourth-order valence-electron chi connectivity index (χ4n) is 1.18. The molecule has 0 aliphatic heterocycles. The second-order valence-electron chi connectivity index (χ2n) is 2.67. The number of aldehydes is 1. The number of carbonyl (C=O) groups is 1. The van der Waals surface area contributed by atoms with Gasteiger partial charge in [0.1, 0.15) is 5.69 Å². The van der Waals surface area contributed by atoms with Crippen LogP contribution in [0.15, 0.2) is 6.07 Å². The maximum absolute atomic E-state index is 12.3. The molecule has 0 saturated heterocycles. The molecule has 0 aromatic carbocycles. The van der Waals surface area contributed by atoms with E-state index in [1.54, 1.807) is 0 Å². The molecule has 0 fully saturated rings. The van der Waals surface area contributed by atoms with E-state index in [9.17, 15) is 13.6 Å². The summed E-state index contributed by atoms with van der Waals surface area (Å²) in [6, 6.07) is 1.03. The molecule has 0 N–H and O–H groups in total. The van der Waals surface area contributed by atoms with Crippen molar-refractivity contribution in [1.29, 1.82) is 0 Å². The molecule has 76 valence electrons. The van der Waals surface area contributed by atoms with Crippen LogP contribution in [-0.4, -0.2) is 18.4 Å². The summed E-state index contributed by atoms with van der Waals surface area (Å²) in [5.74, 6) is 0.240. The van der Waals surface area contributed by atoms with Crippen molar-refractivity contribution in [3.63, 3.8) is 0 Å². The average molecular weight is 201 g/mol. The molecule has 14 heavy (non-hydrogen) atoms. The second kappa shape index (κ2) is 4.13. The summed E-state index contributed by atoms with van der Waals surface area (Å²) < 4.78 is 29.4. The predicted molar refractivity (Wildman–Crippen MR) is 45.9 cm³/mol. The molecule has 0 unspecified atom stereocenters. The fourth-order valence-corrected chi connectivity index (χ4v) is 1.18. The van der Waals surface area contributed by atoms with Crippen molar-refractivity contribution in [1.82, 2.24) is 4.98 Å². The number of rotatable bonds is 3. The van der Waals surface area contributed by atoms with Crippen LogP contribution in [0.5, 0.6) is 5.75 Å². The summed E-state index contributed by atoms with van der Waals surface area (Å²) in [4.78, 5) is 14.2. The summed E-state index contributed by atoms with van der Waals surface area (Å²) >= 11 is 0. The Morgan fingerprint density at radius 1 is 1.57 bits per heavy atom. The lowest BCUT2D eigenvalue weighted by Gasteiger charge is -2.08. The van der Waals surface area contributed by atoms with E-state index in [0.717, 1.165) is 6.07 Å². The number of ether oxygens (including phenoxy) is 1. The number of hydrogen-bond acceptors (Lipinski definition) is 3. The quantitative estimate of drug-likeness (QED) is 0.703. The van der Waals surface area contributed by atoms with Crippen molar-refractivity contribution < 1.29 is 18.3 Å². The highest BCUT2D eigenvalue weighted by Gasteiger charge is 2.15. The lowest BCUT2D eigenvalue weighted by Crippen LogP contribution is -2.00. The van der Waals surface area contributed by atoms with Gasteiger partial charge in [-0.15, -0.1) is 0 Å². The zero-order valence-corrected chi connectivity index (χ0v) is 7.75. The highest BCUT2D eigenvalue weighted by Crippen LogP contribution is 2.25. The minimum Gasteiger partial charge on any atom is -0.494 e. The largest absolute Gasteiger partial charge is 0.494 e. The Bertz CT molecular complexity index is 353. The van der Waals surface area contributed by atoms with Gasteiger partial charge in [0.2, 0.25) is 0 Å². The molecule has 0 aliphatic carbocycles. The van der Waals surface area contributed by atoms with Crippen molar-refractivity contribution >= 4 is 6.29 Å². The van der Waals surface area contributed by atoms with Crippen LogP contribution in [0, 0.1) is 6.92 Å². The number of halogens is 2. The maximum atomic E-state index is 12.3. The summed E-state index contributed by atoms with van der Waals surface area (Å²) in [5.41, 5.74) is -0.0342. The lowest BCUT2D eigenvalue weighted by molar-refractivity contribution is 0.111. The average Bonchev–Trinajstić information content (AvgIpc) is 2.16. The molecule has 0 aliphatic rings. The van der Waals surface area contributed by atoms with E-state index in [1.807, 2.05) is 0 Å². The monoisotopic (exact) mass is 201 g/mol. The normalized spacial score (nSPS) is 10.4. The molecule has 1 heterocycles. The number of aryl methyl sites for hydroxylation is 1. The topological polar surface area (TPSA) is 39.2 Å². The number of carbonyl (C=O) groups excluding carboxylic acids is 1. The van der Waals surface area contributed by atoms with Crippen LogP contribution in [0.2, 0.25) is 0 Å². The Kier molecular flexibility index (Phi) is 3.11. The van der Waals surface area contributed by atoms with Crippen molar-refractivity contribution in [3.8, 4) is 5.75 Å². The lowest BCUT2D eigenvalue weighted by atomic mass is 10.2. The summed E-state index contributed by atoms with van der Waals surface area (Å²) in [6.07, 6.45) is -2.21. The Labute approximate surface area is 79.7 Å². The van der Waals surface area contributed by atoms with Crippen molar-refractivity contribution in [2.75, 3.05) is 7.11 Å². The molecule has 5 heteroatoms. The van der Waals surface area contributed by atoms with Gasteiger partial charge in [0.25, 0.3) is 6.43 Å². The summed E-state index contributed by atoms with van der Waals surface area (Å²) in [6.45, 7) is 1.51. The van der Waals surface area contributed by atoms with Gasteiger partial charge in [-0.25, -0.2) is 13.8 Å². The minimum atomic E-state index is -2.68. The van der Waals surface area contributed by atoms with Gasteiger partial charge in [0.15, 0.2) is 12.0 Å². The second-order valence-corrected chi connectivity index (χ2v) is 2.67. The van der Waals surface area contributed by atoms with Gasteiger partial charge in [-0.2, -0.15) is 0 Å². The van der Waals surface area contributed by atoms with E-state index in [4.69, 9.17) is 4.74 Å². The third-order valence-electron chi connectivity index (χ3n) is 1.75. The summed E-state index contributed by atoms with van der Waals surface area (Å²) in [7, 11) is 1.36.